The summed E-state index contributed by atoms with van der Waals surface area (Å²) in [4.78, 5) is 16.1. The number of nitrogens with one attached hydrogen (secondary N) is 1. The van der Waals surface area contributed by atoms with Crippen LogP contribution in [0, 0.1) is 0 Å². The van der Waals surface area contributed by atoms with E-state index in [0.29, 0.717) is 5.75 Å². The second-order valence-corrected chi connectivity index (χ2v) is 6.23. The molecular formula is C19H19N3O2S. The average molecular weight is 353 g/mol. The molecular weight excluding hydrogens is 334 g/mol. The van der Waals surface area contributed by atoms with E-state index in [9.17, 15) is 4.79 Å². The number of benzene rings is 2. The smallest absolute Gasteiger partial charge is 0.230 e. The third-order valence-corrected chi connectivity index (χ3v) is 4.69. The summed E-state index contributed by atoms with van der Waals surface area (Å²) in [7, 11) is 3.28. The average Bonchev–Trinajstić information content (AvgIpc) is 3.10. The monoisotopic (exact) mass is 353 g/mol. The third kappa shape index (κ3) is 3.85. The van der Waals surface area contributed by atoms with Crippen LogP contribution in [0.4, 0.5) is 0 Å². The summed E-state index contributed by atoms with van der Waals surface area (Å²) >= 11 is 1.41. The summed E-state index contributed by atoms with van der Waals surface area (Å²) in [6, 6.07) is 17.9. The fourth-order valence-electron chi connectivity index (χ4n) is 2.43. The minimum absolute atomic E-state index is 0.0291. The SMILES string of the molecule is CNC(=O)CSc1ncc(-c2ccc(OC)cc2)n1-c1ccccc1. The number of carbonyl (C=O) groups excluding carboxylic acids is 1. The van der Waals surface area contributed by atoms with Crippen LogP contribution >= 0.6 is 11.8 Å². The summed E-state index contributed by atoms with van der Waals surface area (Å²) in [6.07, 6.45) is 1.83. The Labute approximate surface area is 151 Å². The Kier molecular flexibility index (Phi) is 5.40. The highest BCUT2D eigenvalue weighted by Crippen LogP contribution is 2.30. The quantitative estimate of drug-likeness (QED) is 0.690. The normalized spacial score (nSPS) is 10.5. The molecule has 2 aromatic carbocycles. The number of hydrogen-bond acceptors (Lipinski definition) is 4. The number of aromatic nitrogens is 2. The Hall–Kier alpha value is -2.73. The van der Waals surface area contributed by atoms with Gasteiger partial charge in [-0.15, -0.1) is 0 Å². The van der Waals surface area contributed by atoms with Crippen molar-refractivity contribution in [3.8, 4) is 22.7 Å². The molecule has 0 saturated carbocycles. The Morgan fingerprint density at radius 1 is 1.16 bits per heavy atom. The Morgan fingerprint density at radius 3 is 2.52 bits per heavy atom. The molecule has 1 amide bonds. The molecule has 0 aliphatic carbocycles. The van der Waals surface area contributed by atoms with Crippen molar-refractivity contribution in [2.45, 2.75) is 5.16 Å². The Bertz CT molecular complexity index is 845. The van der Waals surface area contributed by atoms with Gasteiger partial charge in [-0.3, -0.25) is 9.36 Å². The first kappa shape index (κ1) is 17.1. The molecule has 0 atom stereocenters. The van der Waals surface area contributed by atoms with Crippen molar-refractivity contribution >= 4 is 17.7 Å². The Morgan fingerprint density at radius 2 is 1.88 bits per heavy atom. The lowest BCUT2D eigenvalue weighted by molar-refractivity contribution is -0.118. The van der Waals surface area contributed by atoms with E-state index in [0.717, 1.165) is 27.9 Å². The van der Waals surface area contributed by atoms with Crippen molar-refractivity contribution in [1.29, 1.82) is 0 Å². The molecule has 6 heteroatoms. The molecule has 0 saturated heterocycles. The lowest BCUT2D eigenvalue weighted by Crippen LogP contribution is -2.20. The van der Waals surface area contributed by atoms with Crippen molar-refractivity contribution in [2.75, 3.05) is 19.9 Å². The van der Waals surface area contributed by atoms with E-state index in [2.05, 4.69) is 14.9 Å². The number of imidazole rings is 1. The highest BCUT2D eigenvalue weighted by Gasteiger charge is 2.15. The van der Waals surface area contributed by atoms with Crippen LogP contribution in [-0.4, -0.2) is 35.4 Å². The van der Waals surface area contributed by atoms with E-state index in [1.807, 2.05) is 60.8 Å². The van der Waals surface area contributed by atoms with Crippen molar-refractivity contribution in [3.05, 3.63) is 60.8 Å². The molecule has 0 bridgehead atoms. The second-order valence-electron chi connectivity index (χ2n) is 5.29. The summed E-state index contributed by atoms with van der Waals surface area (Å²) in [5.41, 5.74) is 3.00. The predicted octanol–water partition coefficient (Wildman–Crippen LogP) is 3.39. The van der Waals surface area contributed by atoms with Crippen LogP contribution in [0.25, 0.3) is 16.9 Å². The van der Waals surface area contributed by atoms with Gasteiger partial charge in [-0.25, -0.2) is 4.98 Å². The van der Waals surface area contributed by atoms with E-state index in [1.165, 1.54) is 11.8 Å². The summed E-state index contributed by atoms with van der Waals surface area (Å²) in [6.45, 7) is 0. The highest BCUT2D eigenvalue weighted by atomic mass is 32.2. The lowest BCUT2D eigenvalue weighted by Gasteiger charge is -2.12. The molecule has 0 radical (unpaired) electrons. The first-order valence-corrected chi connectivity index (χ1v) is 8.82. The van der Waals surface area contributed by atoms with Gasteiger partial charge in [0, 0.05) is 18.3 Å². The highest BCUT2D eigenvalue weighted by molar-refractivity contribution is 7.99. The summed E-state index contributed by atoms with van der Waals surface area (Å²) in [5.74, 6) is 1.10. The molecule has 0 unspecified atom stereocenters. The van der Waals surface area contributed by atoms with Crippen LogP contribution in [0.3, 0.4) is 0 Å². The number of para-hydroxylation sites is 1. The molecule has 0 fully saturated rings. The van der Waals surface area contributed by atoms with Gasteiger partial charge >= 0.3 is 0 Å². The minimum atomic E-state index is -0.0291. The largest absolute Gasteiger partial charge is 0.497 e. The van der Waals surface area contributed by atoms with Gasteiger partial charge in [0.05, 0.1) is 24.8 Å². The molecule has 1 heterocycles. The molecule has 0 aliphatic rings. The number of carbonyl (C=O) groups is 1. The Balaban J connectivity index is 2.02. The molecule has 128 valence electrons. The minimum Gasteiger partial charge on any atom is -0.497 e. The zero-order valence-corrected chi connectivity index (χ0v) is 14.9. The van der Waals surface area contributed by atoms with Gasteiger partial charge < -0.3 is 10.1 Å². The van der Waals surface area contributed by atoms with Crippen LogP contribution in [0.5, 0.6) is 5.75 Å². The van der Waals surface area contributed by atoms with Crippen LogP contribution in [0.2, 0.25) is 0 Å². The number of amides is 1. The maximum Gasteiger partial charge on any atom is 0.230 e. The van der Waals surface area contributed by atoms with Crippen LogP contribution in [-0.2, 0) is 4.79 Å². The molecule has 0 aliphatic heterocycles. The summed E-state index contributed by atoms with van der Waals surface area (Å²) < 4.78 is 7.30. The van der Waals surface area contributed by atoms with E-state index in [1.54, 1.807) is 14.2 Å². The molecule has 0 spiro atoms. The number of rotatable bonds is 6. The topological polar surface area (TPSA) is 56.1 Å². The number of ether oxygens (including phenoxy) is 1. The number of nitrogens with zero attached hydrogens (tertiary/aromatic N) is 2. The van der Waals surface area contributed by atoms with Crippen LogP contribution in [0.15, 0.2) is 66.0 Å². The number of hydrogen-bond donors (Lipinski definition) is 1. The molecule has 5 nitrogen and oxygen atoms in total. The molecule has 3 rings (SSSR count). The molecule has 25 heavy (non-hydrogen) atoms. The molecule has 1 N–H and O–H groups in total. The van der Waals surface area contributed by atoms with E-state index >= 15 is 0 Å². The first-order chi connectivity index (χ1) is 12.2. The van der Waals surface area contributed by atoms with Gasteiger partial charge in [-0.05, 0) is 36.4 Å². The first-order valence-electron chi connectivity index (χ1n) is 7.84. The van der Waals surface area contributed by atoms with E-state index in [-0.39, 0.29) is 5.91 Å². The van der Waals surface area contributed by atoms with Gasteiger partial charge in [0.15, 0.2) is 5.16 Å². The van der Waals surface area contributed by atoms with E-state index in [4.69, 9.17) is 4.74 Å². The fourth-order valence-corrected chi connectivity index (χ4v) is 3.30. The van der Waals surface area contributed by atoms with Crippen molar-refractivity contribution < 1.29 is 9.53 Å². The number of methoxy groups -OCH3 is 1. The van der Waals surface area contributed by atoms with Crippen LogP contribution < -0.4 is 10.1 Å². The molecule has 3 aromatic rings. The van der Waals surface area contributed by atoms with Gasteiger partial charge in [0.1, 0.15) is 5.75 Å². The van der Waals surface area contributed by atoms with Gasteiger partial charge in [0.25, 0.3) is 0 Å². The van der Waals surface area contributed by atoms with Crippen molar-refractivity contribution in [2.24, 2.45) is 0 Å². The maximum absolute atomic E-state index is 11.6. The maximum atomic E-state index is 11.6. The second kappa shape index (κ2) is 7.90. The van der Waals surface area contributed by atoms with E-state index < -0.39 is 0 Å². The zero-order valence-electron chi connectivity index (χ0n) is 14.1. The van der Waals surface area contributed by atoms with Crippen LogP contribution in [0.1, 0.15) is 0 Å². The number of thioether (sulfide) groups is 1. The fraction of sp³-hybridized carbons (Fsp3) is 0.158. The summed E-state index contributed by atoms with van der Waals surface area (Å²) in [5, 5.41) is 3.41. The third-order valence-electron chi connectivity index (χ3n) is 3.74. The van der Waals surface area contributed by atoms with Gasteiger partial charge in [0.2, 0.25) is 5.91 Å². The predicted molar refractivity (Wildman–Crippen MR) is 100 cm³/mol. The van der Waals surface area contributed by atoms with Gasteiger partial charge in [-0.1, -0.05) is 30.0 Å². The standard InChI is InChI=1S/C19H19N3O2S/c1-20-18(23)13-25-19-21-12-17(14-8-10-16(24-2)11-9-14)22(19)15-6-4-3-5-7-15/h3-12H,13H2,1-2H3,(H,20,23). The van der Waals surface area contributed by atoms with Gasteiger partial charge in [-0.2, -0.15) is 0 Å². The van der Waals surface area contributed by atoms with Crippen molar-refractivity contribution in [1.82, 2.24) is 14.9 Å². The molecule has 1 aromatic heterocycles. The van der Waals surface area contributed by atoms with Crippen molar-refractivity contribution in [3.63, 3.8) is 0 Å². The zero-order chi connectivity index (χ0) is 17.6. The lowest BCUT2D eigenvalue weighted by atomic mass is 10.1.